The summed E-state index contributed by atoms with van der Waals surface area (Å²) in [5.41, 5.74) is 5.55. The van der Waals surface area contributed by atoms with Gasteiger partial charge >= 0.3 is 0 Å². The molecule has 2 heterocycles. The first-order valence-electron chi connectivity index (χ1n) is 9.20. The molecule has 0 radical (unpaired) electrons. The molecule has 4 rings (SSSR count). The van der Waals surface area contributed by atoms with Gasteiger partial charge in [0.25, 0.3) is 5.91 Å². The zero-order chi connectivity index (χ0) is 19.7. The first kappa shape index (κ1) is 17.8. The molecule has 1 amide bonds. The van der Waals surface area contributed by atoms with E-state index in [0.717, 1.165) is 28.1 Å². The molecule has 0 aliphatic heterocycles. The first-order valence-corrected chi connectivity index (χ1v) is 9.20. The quantitative estimate of drug-likeness (QED) is 0.559. The Bertz CT molecular complexity index is 1140. The van der Waals surface area contributed by atoms with Crippen molar-refractivity contribution < 1.29 is 4.79 Å². The summed E-state index contributed by atoms with van der Waals surface area (Å²) in [5, 5.41) is 7.54. The minimum absolute atomic E-state index is 0.186. The number of hydrogen-bond acceptors (Lipinski definition) is 2. The zero-order valence-electron chi connectivity index (χ0n) is 16.2. The van der Waals surface area contributed by atoms with Gasteiger partial charge in [0.05, 0.1) is 11.9 Å². The fourth-order valence-electron chi connectivity index (χ4n) is 3.32. The zero-order valence-corrected chi connectivity index (χ0v) is 16.2. The van der Waals surface area contributed by atoms with Gasteiger partial charge in [0.15, 0.2) is 5.82 Å². The van der Waals surface area contributed by atoms with E-state index < -0.39 is 0 Å². The molecule has 28 heavy (non-hydrogen) atoms. The molecule has 4 aromatic rings. The van der Waals surface area contributed by atoms with Crippen LogP contribution in [0.25, 0.3) is 11.5 Å². The van der Waals surface area contributed by atoms with Crippen molar-refractivity contribution in [3.8, 4) is 11.5 Å². The normalized spacial score (nSPS) is 10.8. The van der Waals surface area contributed by atoms with Crippen LogP contribution in [-0.4, -0.2) is 20.3 Å². The van der Waals surface area contributed by atoms with Crippen LogP contribution in [0.5, 0.6) is 0 Å². The molecular formula is C23H22N4O. The molecule has 0 bridgehead atoms. The van der Waals surface area contributed by atoms with Crippen LogP contribution in [0.3, 0.4) is 0 Å². The predicted molar refractivity (Wildman–Crippen MR) is 111 cm³/mol. The molecule has 0 aliphatic rings. The summed E-state index contributed by atoms with van der Waals surface area (Å²) in [6.45, 7) is 6.07. The van der Waals surface area contributed by atoms with Crippen molar-refractivity contribution in [3.63, 3.8) is 0 Å². The van der Waals surface area contributed by atoms with E-state index in [9.17, 15) is 4.79 Å². The molecule has 140 valence electrons. The first-order chi connectivity index (χ1) is 13.5. The second kappa shape index (κ2) is 7.19. The van der Waals surface area contributed by atoms with Gasteiger partial charge in [-0.1, -0.05) is 29.8 Å². The molecule has 0 fully saturated rings. The lowest BCUT2D eigenvalue weighted by molar-refractivity contribution is 0.102. The van der Waals surface area contributed by atoms with Crippen LogP contribution in [0, 0.1) is 20.8 Å². The van der Waals surface area contributed by atoms with Crippen molar-refractivity contribution >= 4 is 11.6 Å². The molecule has 0 spiro atoms. The highest BCUT2D eigenvalue weighted by Gasteiger charge is 2.20. The van der Waals surface area contributed by atoms with Crippen LogP contribution in [-0.2, 0) is 0 Å². The van der Waals surface area contributed by atoms with Gasteiger partial charge < -0.3 is 9.88 Å². The van der Waals surface area contributed by atoms with E-state index in [4.69, 9.17) is 0 Å². The largest absolute Gasteiger partial charge is 0.322 e. The van der Waals surface area contributed by atoms with Crippen LogP contribution in [0.1, 0.15) is 27.0 Å². The van der Waals surface area contributed by atoms with E-state index in [0.29, 0.717) is 11.4 Å². The molecule has 0 saturated carbocycles. The Morgan fingerprint density at radius 1 is 0.929 bits per heavy atom. The Kier molecular flexibility index (Phi) is 4.57. The van der Waals surface area contributed by atoms with E-state index >= 15 is 0 Å². The fourth-order valence-corrected chi connectivity index (χ4v) is 3.32. The van der Waals surface area contributed by atoms with Gasteiger partial charge in [-0.05, 0) is 62.2 Å². The average molecular weight is 370 g/mol. The number of carbonyl (C=O) groups excluding carboxylic acids is 1. The summed E-state index contributed by atoms with van der Waals surface area (Å²) in [6, 6.07) is 17.9. The molecule has 1 N–H and O–H groups in total. The number of aromatic nitrogens is 3. The van der Waals surface area contributed by atoms with Gasteiger partial charge in [-0.15, -0.1) is 0 Å². The second-order valence-electron chi connectivity index (χ2n) is 7.00. The lowest BCUT2D eigenvalue weighted by Gasteiger charge is -2.12. The second-order valence-corrected chi connectivity index (χ2v) is 7.00. The van der Waals surface area contributed by atoms with Crippen molar-refractivity contribution in [1.82, 2.24) is 14.3 Å². The number of aryl methyl sites for hydroxylation is 3. The number of amides is 1. The van der Waals surface area contributed by atoms with Crippen molar-refractivity contribution in [2.75, 3.05) is 5.32 Å². The van der Waals surface area contributed by atoms with Crippen LogP contribution in [0.2, 0.25) is 0 Å². The molecule has 2 aromatic heterocycles. The number of anilines is 1. The summed E-state index contributed by atoms with van der Waals surface area (Å²) in [6.07, 6.45) is 5.45. The minimum Gasteiger partial charge on any atom is -0.322 e. The molecule has 2 aromatic carbocycles. The third-order valence-electron chi connectivity index (χ3n) is 4.71. The molecule has 0 atom stereocenters. The van der Waals surface area contributed by atoms with Crippen molar-refractivity contribution in [3.05, 3.63) is 95.4 Å². The lowest BCUT2D eigenvalue weighted by Crippen LogP contribution is -2.16. The molecule has 0 saturated heterocycles. The summed E-state index contributed by atoms with van der Waals surface area (Å²) in [7, 11) is 0. The topological polar surface area (TPSA) is 51.9 Å². The van der Waals surface area contributed by atoms with Crippen molar-refractivity contribution in [2.24, 2.45) is 0 Å². The number of hydrogen-bond donors (Lipinski definition) is 1. The Morgan fingerprint density at radius 3 is 2.39 bits per heavy atom. The van der Waals surface area contributed by atoms with Gasteiger partial charge in [0, 0.05) is 18.1 Å². The third-order valence-corrected chi connectivity index (χ3v) is 4.71. The highest BCUT2D eigenvalue weighted by Crippen LogP contribution is 2.23. The van der Waals surface area contributed by atoms with Crippen molar-refractivity contribution in [2.45, 2.75) is 20.8 Å². The summed E-state index contributed by atoms with van der Waals surface area (Å²) in [4.78, 5) is 13.1. The number of rotatable bonds is 4. The molecule has 0 aliphatic carbocycles. The van der Waals surface area contributed by atoms with E-state index in [1.807, 2.05) is 86.3 Å². The molecule has 0 unspecified atom stereocenters. The Morgan fingerprint density at radius 2 is 1.68 bits per heavy atom. The maximum Gasteiger partial charge on any atom is 0.261 e. The maximum atomic E-state index is 13.1. The van der Waals surface area contributed by atoms with E-state index in [2.05, 4.69) is 16.5 Å². The molecule has 5 heteroatoms. The minimum atomic E-state index is -0.186. The van der Waals surface area contributed by atoms with Gasteiger partial charge in [-0.25, -0.2) is 4.68 Å². The number of nitrogens with one attached hydrogen (secondary N) is 1. The number of benzene rings is 2. The summed E-state index contributed by atoms with van der Waals surface area (Å²) < 4.78 is 3.70. The summed E-state index contributed by atoms with van der Waals surface area (Å²) >= 11 is 0. The number of carbonyl (C=O) groups is 1. The molecular weight excluding hydrogens is 348 g/mol. The van der Waals surface area contributed by atoms with Gasteiger partial charge in [0.1, 0.15) is 5.56 Å². The van der Waals surface area contributed by atoms with Crippen LogP contribution in [0.15, 0.2) is 73.2 Å². The van der Waals surface area contributed by atoms with Gasteiger partial charge in [-0.3, -0.25) is 4.79 Å². The monoisotopic (exact) mass is 370 g/mol. The predicted octanol–water partition coefficient (Wildman–Crippen LogP) is 4.84. The van der Waals surface area contributed by atoms with Gasteiger partial charge in [0.2, 0.25) is 0 Å². The SMILES string of the molecule is Cc1cccc(-n2ncc(C(=O)Nc3ccc(C)cc3C)c2-n2cccc2)c1. The van der Waals surface area contributed by atoms with E-state index in [1.165, 1.54) is 0 Å². The Hall–Kier alpha value is -3.60. The van der Waals surface area contributed by atoms with Gasteiger partial charge in [-0.2, -0.15) is 5.10 Å². The maximum absolute atomic E-state index is 13.1. The van der Waals surface area contributed by atoms with Crippen LogP contribution < -0.4 is 5.32 Å². The molecule has 5 nitrogen and oxygen atoms in total. The van der Waals surface area contributed by atoms with Crippen LogP contribution >= 0.6 is 0 Å². The lowest BCUT2D eigenvalue weighted by atomic mass is 10.1. The van der Waals surface area contributed by atoms with E-state index in [-0.39, 0.29) is 5.91 Å². The van der Waals surface area contributed by atoms with E-state index in [1.54, 1.807) is 10.9 Å². The highest BCUT2D eigenvalue weighted by atomic mass is 16.1. The number of nitrogens with zero attached hydrogens (tertiary/aromatic N) is 3. The third kappa shape index (κ3) is 3.34. The highest BCUT2D eigenvalue weighted by molar-refractivity contribution is 6.06. The Labute approximate surface area is 164 Å². The average Bonchev–Trinajstić information content (AvgIpc) is 3.32. The standard InChI is InChI=1S/C23H22N4O/c1-16-7-6-8-19(14-16)27-23(26-11-4-5-12-26)20(15-24-27)22(28)25-21-10-9-17(2)13-18(21)3/h4-15H,1-3H3,(H,25,28). The van der Waals surface area contributed by atoms with Crippen molar-refractivity contribution in [1.29, 1.82) is 0 Å². The summed E-state index contributed by atoms with van der Waals surface area (Å²) in [5.74, 6) is 0.521. The fraction of sp³-hybridized carbons (Fsp3) is 0.130. The Balaban J connectivity index is 1.78. The smallest absolute Gasteiger partial charge is 0.261 e. The van der Waals surface area contributed by atoms with Crippen LogP contribution in [0.4, 0.5) is 5.69 Å².